The number of carbonyl (C=O) groups excluding carboxylic acids is 2. The summed E-state index contributed by atoms with van der Waals surface area (Å²) in [4.78, 5) is 33.6. The Morgan fingerprint density at radius 2 is 1.84 bits per heavy atom. The fraction of sp³-hybridized carbons (Fsp3) is 0.0625. The molecule has 2 amide bonds. The molecule has 0 aliphatic rings. The van der Waals surface area contributed by atoms with Crippen LogP contribution < -0.4 is 10.7 Å². The maximum atomic E-state index is 12.8. The number of nitrogens with one attached hydrogen (secondary N) is 2. The third-order valence-electron chi connectivity index (χ3n) is 3.04. The quantitative estimate of drug-likeness (QED) is 0.471. The SMILES string of the molecule is O=C(CNC(=O)c1ccc(F)cc1)N/N=C\c1ccccc1[N+](=O)[O-]. The van der Waals surface area contributed by atoms with E-state index in [0.29, 0.717) is 0 Å². The Hall–Kier alpha value is -3.62. The Kier molecular flexibility index (Phi) is 5.88. The molecular formula is C16H13FN4O4. The Balaban J connectivity index is 1.86. The molecule has 0 aliphatic heterocycles. The average molecular weight is 344 g/mol. The molecule has 0 aliphatic carbocycles. The first-order valence-electron chi connectivity index (χ1n) is 7.06. The normalized spacial score (nSPS) is 10.4. The van der Waals surface area contributed by atoms with E-state index in [0.717, 1.165) is 18.3 Å². The molecule has 0 unspecified atom stereocenters. The molecule has 2 rings (SSSR count). The molecule has 0 saturated carbocycles. The highest BCUT2D eigenvalue weighted by Gasteiger charge is 2.10. The van der Waals surface area contributed by atoms with Gasteiger partial charge in [0.1, 0.15) is 5.82 Å². The summed E-state index contributed by atoms with van der Waals surface area (Å²) >= 11 is 0. The van der Waals surface area contributed by atoms with E-state index in [-0.39, 0.29) is 23.4 Å². The van der Waals surface area contributed by atoms with Crippen molar-refractivity contribution in [2.45, 2.75) is 0 Å². The molecule has 0 atom stereocenters. The van der Waals surface area contributed by atoms with Crippen LogP contribution in [0.5, 0.6) is 0 Å². The van der Waals surface area contributed by atoms with E-state index < -0.39 is 22.6 Å². The van der Waals surface area contributed by atoms with Crippen molar-refractivity contribution in [1.29, 1.82) is 0 Å². The summed E-state index contributed by atoms with van der Waals surface area (Å²) in [7, 11) is 0. The molecule has 0 radical (unpaired) electrons. The molecule has 0 fully saturated rings. The van der Waals surface area contributed by atoms with E-state index in [2.05, 4.69) is 15.8 Å². The van der Waals surface area contributed by atoms with Gasteiger partial charge in [-0.3, -0.25) is 19.7 Å². The van der Waals surface area contributed by atoms with Crippen LogP contribution in [0.2, 0.25) is 0 Å². The minimum Gasteiger partial charge on any atom is -0.343 e. The van der Waals surface area contributed by atoms with Crippen molar-refractivity contribution in [1.82, 2.24) is 10.7 Å². The number of hydrogen-bond donors (Lipinski definition) is 2. The summed E-state index contributed by atoms with van der Waals surface area (Å²) in [5.74, 6) is -1.64. The zero-order valence-corrected chi connectivity index (χ0v) is 12.8. The fourth-order valence-corrected chi connectivity index (χ4v) is 1.84. The first-order valence-corrected chi connectivity index (χ1v) is 7.06. The van der Waals surface area contributed by atoms with Crippen molar-refractivity contribution in [2.75, 3.05) is 6.54 Å². The van der Waals surface area contributed by atoms with Gasteiger partial charge >= 0.3 is 0 Å². The number of hydrazone groups is 1. The third kappa shape index (κ3) is 5.20. The number of halogens is 1. The van der Waals surface area contributed by atoms with Crippen LogP contribution in [-0.4, -0.2) is 29.5 Å². The van der Waals surface area contributed by atoms with Crippen LogP contribution in [0.15, 0.2) is 53.6 Å². The smallest absolute Gasteiger partial charge is 0.278 e. The summed E-state index contributed by atoms with van der Waals surface area (Å²) in [6.45, 7) is -0.357. The van der Waals surface area contributed by atoms with E-state index >= 15 is 0 Å². The lowest BCUT2D eigenvalue weighted by Crippen LogP contribution is -2.34. The first-order chi connectivity index (χ1) is 12.0. The molecule has 0 bridgehead atoms. The molecule has 0 heterocycles. The van der Waals surface area contributed by atoms with Crippen LogP contribution in [0.3, 0.4) is 0 Å². The standard InChI is InChI=1S/C16H13FN4O4/c17-13-7-5-11(6-8-13)16(23)18-10-15(22)20-19-9-12-3-1-2-4-14(12)21(24)25/h1-9H,10H2,(H,18,23)(H,20,22)/b19-9-. The maximum absolute atomic E-state index is 12.8. The van der Waals surface area contributed by atoms with Crippen molar-refractivity contribution in [3.05, 3.63) is 75.6 Å². The molecule has 0 saturated heterocycles. The van der Waals surface area contributed by atoms with Gasteiger partial charge in [-0.15, -0.1) is 0 Å². The number of rotatable bonds is 6. The van der Waals surface area contributed by atoms with E-state index in [1.165, 1.54) is 30.3 Å². The van der Waals surface area contributed by atoms with Gasteiger partial charge in [-0.1, -0.05) is 12.1 Å². The summed E-state index contributed by atoms with van der Waals surface area (Å²) < 4.78 is 12.8. The van der Waals surface area contributed by atoms with Crippen LogP contribution in [0.25, 0.3) is 0 Å². The number of nitro benzene ring substituents is 1. The largest absolute Gasteiger partial charge is 0.343 e. The highest BCUT2D eigenvalue weighted by atomic mass is 19.1. The van der Waals surface area contributed by atoms with Gasteiger partial charge in [-0.25, -0.2) is 9.82 Å². The van der Waals surface area contributed by atoms with Crippen LogP contribution in [0, 0.1) is 15.9 Å². The lowest BCUT2D eigenvalue weighted by Gasteiger charge is -2.04. The van der Waals surface area contributed by atoms with Crippen molar-refractivity contribution in [2.24, 2.45) is 5.10 Å². The van der Waals surface area contributed by atoms with Crippen LogP contribution >= 0.6 is 0 Å². The van der Waals surface area contributed by atoms with Gasteiger partial charge in [0, 0.05) is 11.6 Å². The minimum absolute atomic E-state index is 0.148. The summed E-state index contributed by atoms with van der Waals surface area (Å²) in [5, 5.41) is 16.8. The number of amides is 2. The number of nitrogens with zero attached hydrogens (tertiary/aromatic N) is 2. The lowest BCUT2D eigenvalue weighted by atomic mass is 10.2. The van der Waals surface area contributed by atoms with E-state index in [9.17, 15) is 24.1 Å². The third-order valence-corrected chi connectivity index (χ3v) is 3.04. The van der Waals surface area contributed by atoms with Crippen molar-refractivity contribution in [3.63, 3.8) is 0 Å². The van der Waals surface area contributed by atoms with Gasteiger partial charge in [0.25, 0.3) is 17.5 Å². The average Bonchev–Trinajstić information content (AvgIpc) is 2.60. The second-order valence-electron chi connectivity index (χ2n) is 4.80. The molecule has 2 N–H and O–H groups in total. The van der Waals surface area contributed by atoms with E-state index in [1.807, 2.05) is 0 Å². The fourth-order valence-electron chi connectivity index (χ4n) is 1.84. The van der Waals surface area contributed by atoms with Gasteiger partial charge in [0.2, 0.25) is 0 Å². The number of hydrogen-bond acceptors (Lipinski definition) is 5. The van der Waals surface area contributed by atoms with Crippen molar-refractivity contribution < 1.29 is 18.9 Å². The molecule has 2 aromatic rings. The molecule has 0 aromatic heterocycles. The molecule has 128 valence electrons. The highest BCUT2D eigenvalue weighted by Crippen LogP contribution is 2.14. The van der Waals surface area contributed by atoms with Crippen molar-refractivity contribution in [3.8, 4) is 0 Å². The van der Waals surface area contributed by atoms with E-state index in [1.54, 1.807) is 6.07 Å². The summed E-state index contributed by atoms with van der Waals surface area (Å²) in [6.07, 6.45) is 1.14. The van der Waals surface area contributed by atoms with Gasteiger partial charge in [-0.05, 0) is 30.3 Å². The number of nitro groups is 1. The second kappa shape index (κ2) is 8.29. The lowest BCUT2D eigenvalue weighted by molar-refractivity contribution is -0.385. The number of carbonyl (C=O) groups is 2. The van der Waals surface area contributed by atoms with Gasteiger partial charge < -0.3 is 5.32 Å². The predicted molar refractivity (Wildman–Crippen MR) is 87.6 cm³/mol. The number of para-hydroxylation sites is 1. The Bertz CT molecular complexity index is 821. The molecule has 25 heavy (non-hydrogen) atoms. The van der Waals surface area contributed by atoms with Crippen LogP contribution in [0.4, 0.5) is 10.1 Å². The van der Waals surface area contributed by atoms with E-state index in [4.69, 9.17) is 0 Å². The zero-order chi connectivity index (χ0) is 18.2. The Morgan fingerprint density at radius 1 is 1.16 bits per heavy atom. The Morgan fingerprint density at radius 3 is 2.52 bits per heavy atom. The van der Waals surface area contributed by atoms with Crippen LogP contribution in [-0.2, 0) is 4.79 Å². The maximum Gasteiger partial charge on any atom is 0.278 e. The molecular weight excluding hydrogens is 331 g/mol. The first kappa shape index (κ1) is 17.7. The molecule has 9 heteroatoms. The van der Waals surface area contributed by atoms with Gasteiger partial charge in [0.05, 0.1) is 23.2 Å². The topological polar surface area (TPSA) is 114 Å². The summed E-state index contributed by atoms with van der Waals surface area (Å²) in [6, 6.07) is 10.7. The van der Waals surface area contributed by atoms with Gasteiger partial charge in [-0.2, -0.15) is 5.10 Å². The molecule has 0 spiro atoms. The monoisotopic (exact) mass is 344 g/mol. The highest BCUT2D eigenvalue weighted by molar-refractivity contribution is 5.96. The minimum atomic E-state index is -0.620. The molecule has 2 aromatic carbocycles. The Labute approximate surface area is 141 Å². The van der Waals surface area contributed by atoms with Crippen molar-refractivity contribution >= 4 is 23.7 Å². The second-order valence-corrected chi connectivity index (χ2v) is 4.80. The van der Waals surface area contributed by atoms with Crippen LogP contribution in [0.1, 0.15) is 15.9 Å². The number of benzene rings is 2. The predicted octanol–water partition coefficient (Wildman–Crippen LogP) is 1.61. The van der Waals surface area contributed by atoms with Gasteiger partial charge in [0.15, 0.2) is 0 Å². The summed E-state index contributed by atoms with van der Waals surface area (Å²) in [5.41, 5.74) is 2.43. The zero-order valence-electron chi connectivity index (χ0n) is 12.8. The molecule has 8 nitrogen and oxygen atoms in total.